The predicted octanol–water partition coefficient (Wildman–Crippen LogP) is 4.77. The first-order chi connectivity index (χ1) is 9.80. The van der Waals surface area contributed by atoms with Crippen molar-refractivity contribution < 1.29 is 8.42 Å². The Morgan fingerprint density at radius 3 is 2.38 bits per heavy atom. The first-order valence-electron chi connectivity index (χ1n) is 5.96. The van der Waals surface area contributed by atoms with Crippen LogP contribution in [-0.2, 0) is 16.4 Å². The molecule has 0 aromatic heterocycles. The number of nitrogens with one attached hydrogen (secondary N) is 1. The second kappa shape index (κ2) is 6.57. The topological polar surface area (TPSA) is 46.2 Å². The summed E-state index contributed by atoms with van der Waals surface area (Å²) >= 11 is 15.5. The normalized spacial score (nSPS) is 11.4. The molecule has 0 radical (unpaired) electrons. The maximum absolute atomic E-state index is 11.8. The van der Waals surface area contributed by atoms with Crippen LogP contribution in [0.15, 0.2) is 45.8 Å². The Bertz CT molecular complexity index is 779. The molecule has 0 unspecified atom stereocenters. The van der Waals surface area contributed by atoms with Crippen molar-refractivity contribution in [3.8, 4) is 0 Å². The van der Waals surface area contributed by atoms with E-state index < -0.39 is 9.84 Å². The molecule has 0 fully saturated rings. The second-order valence-electron chi connectivity index (χ2n) is 4.44. The van der Waals surface area contributed by atoms with Crippen LogP contribution in [0, 0.1) is 0 Å². The minimum absolute atomic E-state index is 0.223. The lowest BCUT2D eigenvalue weighted by Gasteiger charge is -2.13. The highest BCUT2D eigenvalue weighted by Gasteiger charge is 2.16. The van der Waals surface area contributed by atoms with E-state index in [1.807, 2.05) is 6.07 Å². The minimum atomic E-state index is -3.34. The highest BCUT2D eigenvalue weighted by Crippen LogP contribution is 2.31. The quantitative estimate of drug-likeness (QED) is 0.792. The van der Waals surface area contributed by atoms with Gasteiger partial charge in [-0.25, -0.2) is 8.42 Å². The molecule has 0 atom stereocenters. The third-order valence-corrected chi connectivity index (χ3v) is 5.82. The van der Waals surface area contributed by atoms with E-state index in [4.69, 9.17) is 23.2 Å². The highest BCUT2D eigenvalue weighted by atomic mass is 79.9. The van der Waals surface area contributed by atoms with Gasteiger partial charge in [-0.3, -0.25) is 0 Å². The number of rotatable bonds is 4. The summed E-state index contributed by atoms with van der Waals surface area (Å²) < 4.78 is 24.4. The standard InChI is InChI=1S/C14H12BrCl2NO2S/c1-21(19,20)13-7-3-4-10(16)9(13)8-18-12-6-2-5-11(17)14(12)15/h2-7,18H,8H2,1H3. The maximum Gasteiger partial charge on any atom is 0.175 e. The molecule has 0 saturated carbocycles. The number of hydrogen-bond acceptors (Lipinski definition) is 3. The summed E-state index contributed by atoms with van der Waals surface area (Å²) in [5.74, 6) is 0. The molecule has 2 aromatic rings. The molecule has 112 valence electrons. The first-order valence-corrected chi connectivity index (χ1v) is 9.40. The van der Waals surface area contributed by atoms with Gasteiger partial charge in [0.1, 0.15) is 0 Å². The summed E-state index contributed by atoms with van der Waals surface area (Å²) in [6.07, 6.45) is 1.16. The van der Waals surface area contributed by atoms with Gasteiger partial charge in [0.2, 0.25) is 0 Å². The summed E-state index contributed by atoms with van der Waals surface area (Å²) in [7, 11) is -3.34. The van der Waals surface area contributed by atoms with Gasteiger partial charge in [0.15, 0.2) is 9.84 Å². The third-order valence-electron chi connectivity index (χ3n) is 2.88. The van der Waals surface area contributed by atoms with Gasteiger partial charge in [0.05, 0.1) is 20.1 Å². The van der Waals surface area contributed by atoms with Gasteiger partial charge in [-0.1, -0.05) is 35.3 Å². The minimum Gasteiger partial charge on any atom is -0.380 e. The van der Waals surface area contributed by atoms with Gasteiger partial charge in [-0.15, -0.1) is 0 Å². The Balaban J connectivity index is 2.35. The Hall–Kier alpha value is -0.750. The Morgan fingerprint density at radius 1 is 1.10 bits per heavy atom. The molecule has 2 aromatic carbocycles. The summed E-state index contributed by atoms with van der Waals surface area (Å²) in [6.45, 7) is 0.279. The van der Waals surface area contributed by atoms with E-state index in [1.165, 1.54) is 0 Å². The monoisotopic (exact) mass is 407 g/mol. The molecule has 7 heteroatoms. The van der Waals surface area contributed by atoms with E-state index in [0.717, 1.165) is 16.4 Å². The number of sulfone groups is 1. The van der Waals surface area contributed by atoms with Crippen molar-refractivity contribution in [2.45, 2.75) is 11.4 Å². The van der Waals surface area contributed by atoms with Crippen LogP contribution >= 0.6 is 39.1 Å². The van der Waals surface area contributed by atoms with Crippen LogP contribution in [-0.4, -0.2) is 14.7 Å². The summed E-state index contributed by atoms with van der Waals surface area (Å²) in [4.78, 5) is 0.223. The molecule has 0 heterocycles. The molecule has 2 rings (SSSR count). The van der Waals surface area contributed by atoms with Crippen LogP contribution in [0.5, 0.6) is 0 Å². The van der Waals surface area contributed by atoms with Gasteiger partial charge in [0.25, 0.3) is 0 Å². The molecule has 0 amide bonds. The first kappa shape index (κ1) is 16.6. The smallest absolute Gasteiger partial charge is 0.175 e. The Kier molecular flexibility index (Phi) is 5.20. The molecule has 0 saturated heterocycles. The van der Waals surface area contributed by atoms with Gasteiger partial charge >= 0.3 is 0 Å². The average Bonchev–Trinajstić information content (AvgIpc) is 2.40. The van der Waals surface area contributed by atoms with Crippen molar-refractivity contribution in [2.24, 2.45) is 0 Å². The second-order valence-corrected chi connectivity index (χ2v) is 8.04. The summed E-state index contributed by atoms with van der Waals surface area (Å²) in [5, 5.41) is 4.12. The van der Waals surface area contributed by atoms with Gasteiger partial charge in [-0.05, 0) is 40.2 Å². The lowest BCUT2D eigenvalue weighted by molar-refractivity contribution is 0.601. The number of hydrogen-bond donors (Lipinski definition) is 1. The number of anilines is 1. The van der Waals surface area contributed by atoms with Crippen LogP contribution in [0.4, 0.5) is 5.69 Å². The van der Waals surface area contributed by atoms with E-state index in [0.29, 0.717) is 15.6 Å². The molecule has 0 aliphatic rings. The van der Waals surface area contributed by atoms with Crippen molar-refractivity contribution >= 4 is 54.7 Å². The molecule has 3 nitrogen and oxygen atoms in total. The zero-order valence-electron chi connectivity index (χ0n) is 11.0. The van der Waals surface area contributed by atoms with E-state index in [2.05, 4.69) is 21.2 Å². The van der Waals surface area contributed by atoms with Crippen molar-refractivity contribution in [2.75, 3.05) is 11.6 Å². The van der Waals surface area contributed by atoms with Crippen molar-refractivity contribution in [3.05, 3.63) is 56.5 Å². The van der Waals surface area contributed by atoms with E-state index >= 15 is 0 Å². The number of halogens is 3. The molecule has 0 aliphatic heterocycles. The van der Waals surface area contributed by atoms with Crippen molar-refractivity contribution in [1.82, 2.24) is 0 Å². The third kappa shape index (κ3) is 3.92. The van der Waals surface area contributed by atoms with Gasteiger partial charge in [-0.2, -0.15) is 0 Å². The van der Waals surface area contributed by atoms with Crippen LogP contribution in [0.25, 0.3) is 0 Å². The summed E-state index contributed by atoms with van der Waals surface area (Å²) in [6, 6.07) is 10.2. The van der Waals surface area contributed by atoms with Crippen LogP contribution in [0.3, 0.4) is 0 Å². The maximum atomic E-state index is 11.8. The molecule has 0 bridgehead atoms. The van der Waals surface area contributed by atoms with E-state index in [9.17, 15) is 8.42 Å². The fraction of sp³-hybridized carbons (Fsp3) is 0.143. The lowest BCUT2D eigenvalue weighted by Crippen LogP contribution is -2.08. The SMILES string of the molecule is CS(=O)(=O)c1cccc(Cl)c1CNc1cccc(Cl)c1Br. The zero-order valence-corrected chi connectivity index (χ0v) is 14.9. The van der Waals surface area contributed by atoms with Crippen LogP contribution < -0.4 is 5.32 Å². The van der Waals surface area contributed by atoms with E-state index in [-0.39, 0.29) is 11.4 Å². The fourth-order valence-corrected chi connectivity index (χ4v) is 3.71. The predicted molar refractivity (Wildman–Crippen MR) is 91.0 cm³/mol. The molecule has 21 heavy (non-hydrogen) atoms. The van der Waals surface area contributed by atoms with Crippen LogP contribution in [0.2, 0.25) is 10.0 Å². The molecule has 0 aliphatic carbocycles. The largest absolute Gasteiger partial charge is 0.380 e. The molecular formula is C14H12BrCl2NO2S. The molecule has 0 spiro atoms. The zero-order chi connectivity index (χ0) is 15.6. The van der Waals surface area contributed by atoms with Crippen molar-refractivity contribution in [3.63, 3.8) is 0 Å². The number of benzene rings is 2. The lowest BCUT2D eigenvalue weighted by atomic mass is 10.2. The Morgan fingerprint density at radius 2 is 1.71 bits per heavy atom. The highest BCUT2D eigenvalue weighted by molar-refractivity contribution is 9.10. The Labute approximate surface area is 142 Å². The van der Waals surface area contributed by atoms with Gasteiger partial charge in [0, 0.05) is 23.4 Å². The average molecular weight is 409 g/mol. The molecular weight excluding hydrogens is 397 g/mol. The van der Waals surface area contributed by atoms with Gasteiger partial charge < -0.3 is 5.32 Å². The van der Waals surface area contributed by atoms with Crippen LogP contribution in [0.1, 0.15) is 5.56 Å². The van der Waals surface area contributed by atoms with E-state index in [1.54, 1.807) is 30.3 Å². The molecule has 1 N–H and O–H groups in total. The fourth-order valence-electron chi connectivity index (χ4n) is 1.88. The summed E-state index contributed by atoms with van der Waals surface area (Å²) in [5.41, 5.74) is 1.30. The van der Waals surface area contributed by atoms with Crippen molar-refractivity contribution in [1.29, 1.82) is 0 Å².